The largest absolute Gasteiger partial charge is 0.394 e. The van der Waals surface area contributed by atoms with E-state index in [1.807, 2.05) is 6.08 Å². The van der Waals surface area contributed by atoms with Crippen LogP contribution in [0.25, 0.3) is 0 Å². The van der Waals surface area contributed by atoms with Gasteiger partial charge in [0.2, 0.25) is 0 Å². The van der Waals surface area contributed by atoms with E-state index < -0.39 is 24.4 Å². The highest BCUT2D eigenvalue weighted by atomic mass is 16.6. The first-order valence-corrected chi connectivity index (χ1v) is 12.0. The molecule has 0 aromatic heterocycles. The second-order valence-electron chi connectivity index (χ2n) is 8.48. The average Bonchev–Trinajstić information content (AvgIpc) is 3.10. The van der Waals surface area contributed by atoms with Crippen molar-refractivity contribution in [3.63, 3.8) is 0 Å². The van der Waals surface area contributed by atoms with Gasteiger partial charge in [-0.2, -0.15) is 0 Å². The van der Waals surface area contributed by atoms with Gasteiger partial charge in [0.05, 0.1) is 13.2 Å². The lowest BCUT2D eigenvalue weighted by molar-refractivity contribution is -0.0938. The monoisotopic (exact) mass is 414 g/mol. The Morgan fingerprint density at radius 1 is 0.862 bits per heavy atom. The lowest BCUT2D eigenvalue weighted by Gasteiger charge is -2.23. The Balaban J connectivity index is 1.83. The third kappa shape index (κ3) is 12.7. The molecule has 1 fully saturated rings. The fourth-order valence-corrected chi connectivity index (χ4v) is 3.99. The van der Waals surface area contributed by atoms with Crippen LogP contribution in [-0.2, 0) is 9.47 Å². The lowest BCUT2D eigenvalue weighted by atomic mass is 10.0. The number of rotatable bonds is 20. The molecular formula is C24H46O5. The molecule has 1 saturated heterocycles. The van der Waals surface area contributed by atoms with Crippen molar-refractivity contribution in [2.45, 2.75) is 121 Å². The third-order valence-electron chi connectivity index (χ3n) is 5.84. The Labute approximate surface area is 178 Å². The molecule has 1 aliphatic rings. The zero-order valence-electron chi connectivity index (χ0n) is 18.5. The molecular weight excluding hydrogens is 368 g/mol. The summed E-state index contributed by atoms with van der Waals surface area (Å²) < 4.78 is 11.0. The lowest BCUT2D eigenvalue weighted by Crippen LogP contribution is -2.42. The molecule has 0 bridgehead atoms. The van der Waals surface area contributed by atoms with Crippen molar-refractivity contribution < 1.29 is 24.8 Å². The van der Waals surface area contributed by atoms with Crippen LogP contribution in [0.3, 0.4) is 0 Å². The Morgan fingerprint density at radius 3 is 1.83 bits per heavy atom. The van der Waals surface area contributed by atoms with Gasteiger partial charge >= 0.3 is 0 Å². The zero-order chi connectivity index (χ0) is 21.2. The first-order chi connectivity index (χ1) is 14.2. The Morgan fingerprint density at radius 2 is 1.34 bits per heavy atom. The van der Waals surface area contributed by atoms with Crippen LogP contribution >= 0.6 is 0 Å². The minimum Gasteiger partial charge on any atom is -0.394 e. The van der Waals surface area contributed by atoms with Crippen LogP contribution in [0.1, 0.15) is 96.3 Å². The molecule has 172 valence electrons. The summed E-state index contributed by atoms with van der Waals surface area (Å²) in [5, 5.41) is 28.7. The van der Waals surface area contributed by atoms with Gasteiger partial charge < -0.3 is 24.8 Å². The zero-order valence-corrected chi connectivity index (χ0v) is 18.5. The van der Waals surface area contributed by atoms with Gasteiger partial charge in [0.15, 0.2) is 0 Å². The summed E-state index contributed by atoms with van der Waals surface area (Å²) >= 11 is 0. The Bertz CT molecular complexity index is 376. The summed E-state index contributed by atoms with van der Waals surface area (Å²) in [5.41, 5.74) is 0. The number of hydrogen-bond donors (Lipinski definition) is 3. The number of aliphatic hydroxyl groups is 3. The van der Waals surface area contributed by atoms with Gasteiger partial charge in [-0.25, -0.2) is 0 Å². The normalized spacial score (nSPS) is 22.8. The molecule has 1 heterocycles. The Kier molecular flexibility index (Phi) is 16.8. The van der Waals surface area contributed by atoms with Gasteiger partial charge in [-0.1, -0.05) is 83.1 Å². The third-order valence-corrected chi connectivity index (χ3v) is 5.84. The van der Waals surface area contributed by atoms with E-state index in [4.69, 9.17) is 14.6 Å². The molecule has 1 aliphatic heterocycles. The maximum absolute atomic E-state index is 9.89. The topological polar surface area (TPSA) is 79.2 Å². The molecule has 0 unspecified atom stereocenters. The minimum absolute atomic E-state index is 0.155. The summed E-state index contributed by atoms with van der Waals surface area (Å²) in [6.45, 7) is 4.10. The van der Waals surface area contributed by atoms with Crippen molar-refractivity contribution in [1.82, 2.24) is 0 Å². The second kappa shape index (κ2) is 18.3. The first-order valence-electron chi connectivity index (χ1n) is 12.0. The maximum atomic E-state index is 9.89. The van der Waals surface area contributed by atoms with E-state index in [1.165, 1.54) is 83.5 Å². The predicted octanol–water partition coefficient (Wildman–Crippen LogP) is 4.52. The van der Waals surface area contributed by atoms with Crippen LogP contribution in [0.15, 0.2) is 12.7 Å². The number of unbranched alkanes of at least 4 members (excludes halogenated alkanes) is 14. The van der Waals surface area contributed by atoms with Gasteiger partial charge in [-0.3, -0.25) is 0 Å². The maximum Gasteiger partial charge on any atom is 0.114 e. The van der Waals surface area contributed by atoms with Crippen LogP contribution in [0.5, 0.6) is 0 Å². The molecule has 3 N–H and O–H groups in total. The number of allylic oxidation sites excluding steroid dienone is 1. The first kappa shape index (κ1) is 26.6. The highest BCUT2D eigenvalue weighted by molar-refractivity contribution is 4.89. The van der Waals surface area contributed by atoms with Gasteiger partial charge in [0, 0.05) is 6.61 Å². The molecule has 0 aromatic carbocycles. The Hall–Kier alpha value is -0.460. The quantitative estimate of drug-likeness (QED) is 0.202. The molecule has 5 nitrogen and oxygen atoms in total. The number of ether oxygens (including phenoxy) is 2. The number of hydrogen-bond acceptors (Lipinski definition) is 5. The summed E-state index contributed by atoms with van der Waals surface area (Å²) in [5.74, 6) is 0. The minimum atomic E-state index is -1.00. The van der Waals surface area contributed by atoms with Gasteiger partial charge in [0.1, 0.15) is 24.4 Å². The van der Waals surface area contributed by atoms with E-state index in [0.29, 0.717) is 6.61 Å². The van der Waals surface area contributed by atoms with Crippen LogP contribution < -0.4 is 0 Å². The van der Waals surface area contributed by atoms with Crippen LogP contribution in [0.2, 0.25) is 0 Å². The van der Waals surface area contributed by atoms with Gasteiger partial charge in [-0.05, 0) is 19.3 Å². The predicted molar refractivity (Wildman–Crippen MR) is 118 cm³/mol. The van der Waals surface area contributed by atoms with Gasteiger partial charge in [0.25, 0.3) is 0 Å². The molecule has 0 amide bonds. The summed E-state index contributed by atoms with van der Waals surface area (Å²) in [4.78, 5) is 0. The van der Waals surface area contributed by atoms with Crippen molar-refractivity contribution in [3.8, 4) is 0 Å². The molecule has 0 aromatic rings. The highest BCUT2D eigenvalue weighted by Crippen LogP contribution is 2.21. The molecule has 1 rings (SSSR count). The average molecular weight is 415 g/mol. The molecule has 4 atom stereocenters. The van der Waals surface area contributed by atoms with Crippen molar-refractivity contribution in [2.24, 2.45) is 0 Å². The second-order valence-corrected chi connectivity index (χ2v) is 8.48. The van der Waals surface area contributed by atoms with E-state index in [2.05, 4.69) is 6.58 Å². The highest BCUT2D eigenvalue weighted by Gasteiger charge is 2.40. The smallest absolute Gasteiger partial charge is 0.114 e. The van der Waals surface area contributed by atoms with E-state index in [0.717, 1.165) is 12.8 Å². The van der Waals surface area contributed by atoms with Crippen molar-refractivity contribution >= 4 is 0 Å². The van der Waals surface area contributed by atoms with Crippen LogP contribution in [0.4, 0.5) is 0 Å². The van der Waals surface area contributed by atoms with E-state index in [1.54, 1.807) is 0 Å². The van der Waals surface area contributed by atoms with Crippen LogP contribution in [0, 0.1) is 0 Å². The molecule has 29 heavy (non-hydrogen) atoms. The molecule has 0 radical (unpaired) electrons. The summed E-state index contributed by atoms with van der Waals surface area (Å²) in [6.07, 6.45) is 18.5. The van der Waals surface area contributed by atoms with Gasteiger partial charge in [-0.15, -0.1) is 6.58 Å². The van der Waals surface area contributed by atoms with E-state index in [-0.39, 0.29) is 13.2 Å². The van der Waals surface area contributed by atoms with E-state index >= 15 is 0 Å². The molecule has 5 heteroatoms. The van der Waals surface area contributed by atoms with Crippen molar-refractivity contribution in [1.29, 1.82) is 0 Å². The fraction of sp³-hybridized carbons (Fsp3) is 0.917. The fourth-order valence-electron chi connectivity index (χ4n) is 3.99. The molecule has 0 spiro atoms. The van der Waals surface area contributed by atoms with Crippen molar-refractivity contribution in [3.05, 3.63) is 12.7 Å². The molecule has 0 saturated carbocycles. The standard InChI is InChI=1S/C24H46O5/c1-2-3-4-5-6-7-8-9-10-11-12-13-14-15-16-17-18-28-24-22(27)20-29-23(24)21(26)19-25/h2,21-27H,1,3-20H2/t21-,22+,23-,24-/m0/s1. The SMILES string of the molecule is C=CCCCCCCCCCCCCCCCCO[C@@H]1[C@H]([C@@H](O)CO)OC[C@H]1O. The summed E-state index contributed by atoms with van der Waals surface area (Å²) in [6, 6.07) is 0. The van der Waals surface area contributed by atoms with Crippen LogP contribution in [-0.4, -0.2) is 59.6 Å². The van der Waals surface area contributed by atoms with Crippen molar-refractivity contribution in [2.75, 3.05) is 19.8 Å². The summed E-state index contributed by atoms with van der Waals surface area (Å²) in [7, 11) is 0. The van der Waals surface area contributed by atoms with E-state index in [9.17, 15) is 10.2 Å². The molecule has 0 aliphatic carbocycles. The number of aliphatic hydroxyl groups excluding tert-OH is 3.